The second-order valence-electron chi connectivity index (χ2n) is 6.69. The molecule has 0 N–H and O–H groups in total. The van der Waals surface area contributed by atoms with Crippen molar-refractivity contribution in [2.75, 3.05) is 0 Å². The molecule has 0 saturated carbocycles. The van der Waals surface area contributed by atoms with Gasteiger partial charge in [0.1, 0.15) is 0 Å². The van der Waals surface area contributed by atoms with Crippen LogP contribution in [0.1, 0.15) is 34.7 Å². The lowest BCUT2D eigenvalue weighted by Crippen LogP contribution is -1.99. The number of aliphatic imine (C=N–C) groups is 1. The monoisotopic (exact) mass is 323 g/mol. The van der Waals surface area contributed by atoms with Crippen molar-refractivity contribution in [2.45, 2.75) is 20.3 Å². The number of benzene rings is 3. The molecule has 3 aromatic carbocycles. The topological polar surface area (TPSA) is 12.4 Å². The van der Waals surface area contributed by atoms with Gasteiger partial charge in [0.05, 0.1) is 5.70 Å². The summed E-state index contributed by atoms with van der Waals surface area (Å²) in [4.78, 5) is 4.81. The fourth-order valence-electron chi connectivity index (χ4n) is 3.61. The van der Waals surface area contributed by atoms with Gasteiger partial charge in [0.15, 0.2) is 0 Å². The molecule has 25 heavy (non-hydrogen) atoms. The minimum Gasteiger partial charge on any atom is -0.253 e. The van der Waals surface area contributed by atoms with Crippen LogP contribution in [0.4, 0.5) is 0 Å². The Kier molecular flexibility index (Phi) is 3.85. The van der Waals surface area contributed by atoms with E-state index in [2.05, 4.69) is 56.8 Å². The lowest BCUT2D eigenvalue weighted by Gasteiger charge is -2.11. The minimum atomic E-state index is 0.804. The van der Waals surface area contributed by atoms with E-state index in [1.807, 2.05) is 30.3 Å². The van der Waals surface area contributed by atoms with Gasteiger partial charge < -0.3 is 0 Å². The fraction of sp³-hybridized carbons (Fsp3) is 0.125. The van der Waals surface area contributed by atoms with Crippen LogP contribution in [0.2, 0.25) is 0 Å². The van der Waals surface area contributed by atoms with Gasteiger partial charge >= 0.3 is 0 Å². The lowest BCUT2D eigenvalue weighted by atomic mass is 9.96. The van der Waals surface area contributed by atoms with Crippen LogP contribution in [0.5, 0.6) is 0 Å². The summed E-state index contributed by atoms with van der Waals surface area (Å²) in [6.07, 6.45) is 1.01. The van der Waals surface area contributed by atoms with Crippen LogP contribution in [0, 0.1) is 6.92 Å². The maximum absolute atomic E-state index is 4.81. The van der Waals surface area contributed by atoms with Crippen LogP contribution in [0.25, 0.3) is 16.8 Å². The third-order valence-electron chi connectivity index (χ3n) is 4.87. The molecule has 0 aromatic heterocycles. The summed E-state index contributed by atoms with van der Waals surface area (Å²) in [5, 5.41) is 0. The molecule has 0 unspecified atom stereocenters. The van der Waals surface area contributed by atoms with Crippen molar-refractivity contribution >= 4 is 11.4 Å². The van der Waals surface area contributed by atoms with Gasteiger partial charge in [0, 0.05) is 11.3 Å². The van der Waals surface area contributed by atoms with Crippen molar-refractivity contribution in [3.63, 3.8) is 0 Å². The molecular formula is C24H21N. The molecular weight excluding hydrogens is 302 g/mol. The van der Waals surface area contributed by atoms with Crippen LogP contribution in [-0.4, -0.2) is 5.71 Å². The standard InChI is InChI=1S/C24H21N/c1-16-12-13-20-15-21-10-7-11-22(24(21)23(20)14-16)18(3)25-17(2)19-8-5-4-6-9-19/h4-14H,2,15H2,1,3H3. The summed E-state index contributed by atoms with van der Waals surface area (Å²) >= 11 is 0. The number of nitrogens with zero attached hydrogens (tertiary/aromatic N) is 1. The highest BCUT2D eigenvalue weighted by atomic mass is 14.8. The molecule has 0 radical (unpaired) electrons. The van der Waals surface area contributed by atoms with E-state index in [1.165, 1.54) is 33.4 Å². The molecule has 0 fully saturated rings. The van der Waals surface area contributed by atoms with Gasteiger partial charge in [-0.3, -0.25) is 4.99 Å². The van der Waals surface area contributed by atoms with Crippen molar-refractivity contribution in [1.82, 2.24) is 0 Å². The highest BCUT2D eigenvalue weighted by molar-refractivity contribution is 6.08. The predicted molar refractivity (Wildman–Crippen MR) is 107 cm³/mol. The van der Waals surface area contributed by atoms with Crippen LogP contribution in [0.15, 0.2) is 78.3 Å². The first-order valence-electron chi connectivity index (χ1n) is 8.65. The molecule has 1 nitrogen and oxygen atoms in total. The molecule has 0 amide bonds. The highest BCUT2D eigenvalue weighted by Crippen LogP contribution is 2.39. The van der Waals surface area contributed by atoms with E-state index in [4.69, 9.17) is 4.99 Å². The zero-order valence-corrected chi connectivity index (χ0v) is 14.7. The Labute approximate surface area is 149 Å². The summed E-state index contributed by atoms with van der Waals surface area (Å²) in [7, 11) is 0. The molecule has 1 aliphatic rings. The van der Waals surface area contributed by atoms with Crippen molar-refractivity contribution in [2.24, 2.45) is 4.99 Å². The zero-order valence-electron chi connectivity index (χ0n) is 14.7. The SMILES string of the molecule is C=C(N=C(C)c1cccc2c1-c1cc(C)ccc1C2)c1ccccc1. The summed E-state index contributed by atoms with van der Waals surface area (Å²) in [5.41, 5.74) is 10.9. The van der Waals surface area contributed by atoms with Crippen molar-refractivity contribution < 1.29 is 0 Å². The van der Waals surface area contributed by atoms with Gasteiger partial charge in [-0.2, -0.15) is 0 Å². The summed E-state index contributed by atoms with van der Waals surface area (Å²) in [5.74, 6) is 0. The minimum absolute atomic E-state index is 0.804. The molecule has 3 aromatic rings. The lowest BCUT2D eigenvalue weighted by molar-refractivity contribution is 1.26. The van der Waals surface area contributed by atoms with Gasteiger partial charge in [-0.05, 0) is 48.1 Å². The Balaban J connectivity index is 1.80. The van der Waals surface area contributed by atoms with E-state index >= 15 is 0 Å². The van der Waals surface area contributed by atoms with E-state index in [1.54, 1.807) is 0 Å². The van der Waals surface area contributed by atoms with E-state index in [0.29, 0.717) is 0 Å². The van der Waals surface area contributed by atoms with Gasteiger partial charge in [-0.25, -0.2) is 0 Å². The summed E-state index contributed by atoms with van der Waals surface area (Å²) < 4.78 is 0. The van der Waals surface area contributed by atoms with Gasteiger partial charge in [0.25, 0.3) is 0 Å². The molecule has 122 valence electrons. The third kappa shape index (κ3) is 2.83. The first-order valence-corrected chi connectivity index (χ1v) is 8.65. The number of hydrogen-bond acceptors (Lipinski definition) is 1. The van der Waals surface area contributed by atoms with Gasteiger partial charge in [-0.1, -0.05) is 78.9 Å². The quantitative estimate of drug-likeness (QED) is 0.407. The molecule has 0 atom stereocenters. The first kappa shape index (κ1) is 15.6. The molecule has 0 spiro atoms. The molecule has 0 heterocycles. The molecule has 0 bridgehead atoms. The molecule has 1 aliphatic carbocycles. The van der Waals surface area contributed by atoms with Crippen molar-refractivity contribution in [3.05, 3.63) is 101 Å². The summed E-state index contributed by atoms with van der Waals surface area (Å²) in [6, 6.07) is 23.4. The maximum Gasteiger partial charge on any atom is 0.0633 e. The van der Waals surface area contributed by atoms with E-state index < -0.39 is 0 Å². The molecule has 0 aliphatic heterocycles. The normalized spacial score (nSPS) is 12.6. The number of fused-ring (bicyclic) bond motifs is 3. The second-order valence-corrected chi connectivity index (χ2v) is 6.69. The largest absolute Gasteiger partial charge is 0.253 e. The third-order valence-corrected chi connectivity index (χ3v) is 4.87. The Morgan fingerprint density at radius 2 is 1.72 bits per heavy atom. The van der Waals surface area contributed by atoms with Crippen LogP contribution >= 0.6 is 0 Å². The predicted octanol–water partition coefficient (Wildman–Crippen LogP) is 6.05. The van der Waals surface area contributed by atoms with Crippen LogP contribution in [-0.2, 0) is 6.42 Å². The second kappa shape index (κ2) is 6.18. The Morgan fingerprint density at radius 3 is 2.52 bits per heavy atom. The summed E-state index contributed by atoms with van der Waals surface area (Å²) in [6.45, 7) is 8.39. The molecule has 4 rings (SSSR count). The van der Waals surface area contributed by atoms with E-state index in [9.17, 15) is 0 Å². The highest BCUT2D eigenvalue weighted by Gasteiger charge is 2.22. The average molecular weight is 323 g/mol. The Hall–Kier alpha value is -2.93. The molecule has 0 saturated heterocycles. The molecule has 1 heteroatoms. The van der Waals surface area contributed by atoms with Gasteiger partial charge in [-0.15, -0.1) is 0 Å². The van der Waals surface area contributed by atoms with Crippen molar-refractivity contribution in [1.29, 1.82) is 0 Å². The average Bonchev–Trinajstić information content (AvgIpc) is 3.00. The van der Waals surface area contributed by atoms with Crippen LogP contribution in [0.3, 0.4) is 0 Å². The van der Waals surface area contributed by atoms with E-state index in [0.717, 1.165) is 23.4 Å². The van der Waals surface area contributed by atoms with E-state index in [-0.39, 0.29) is 0 Å². The Bertz CT molecular complexity index is 994. The van der Waals surface area contributed by atoms with Gasteiger partial charge in [0.2, 0.25) is 0 Å². The first-order chi connectivity index (χ1) is 12.1. The zero-order chi connectivity index (χ0) is 17.4. The van der Waals surface area contributed by atoms with Crippen LogP contribution < -0.4 is 0 Å². The Morgan fingerprint density at radius 1 is 0.920 bits per heavy atom. The smallest absolute Gasteiger partial charge is 0.0633 e. The fourth-order valence-corrected chi connectivity index (χ4v) is 3.61. The maximum atomic E-state index is 4.81. The van der Waals surface area contributed by atoms with Crippen molar-refractivity contribution in [3.8, 4) is 11.1 Å². The number of rotatable bonds is 3. The number of aryl methyl sites for hydroxylation is 1. The number of hydrogen-bond donors (Lipinski definition) is 0.